The van der Waals surface area contributed by atoms with Crippen molar-refractivity contribution >= 4 is 23.1 Å². The Morgan fingerprint density at radius 1 is 1.08 bits per heavy atom. The number of aromatic nitrogens is 2. The predicted molar refractivity (Wildman–Crippen MR) is 97.3 cm³/mol. The minimum Gasteiger partial charge on any atom is -0.494 e. The number of benzene rings is 2. The monoisotopic (exact) mass is 352 g/mol. The van der Waals surface area contributed by atoms with E-state index in [0.29, 0.717) is 23.8 Å². The molecule has 3 aromatic rings. The van der Waals surface area contributed by atoms with Crippen LogP contribution in [0.2, 0.25) is 0 Å². The third-order valence-corrected chi connectivity index (χ3v) is 3.42. The molecule has 2 N–H and O–H groups in total. The van der Waals surface area contributed by atoms with E-state index in [1.54, 1.807) is 36.4 Å². The van der Waals surface area contributed by atoms with E-state index < -0.39 is 0 Å². The van der Waals surface area contributed by atoms with Crippen LogP contribution in [0.1, 0.15) is 17.4 Å². The molecule has 6 nitrogen and oxygen atoms in total. The molecule has 0 saturated carbocycles. The molecule has 0 unspecified atom stereocenters. The van der Waals surface area contributed by atoms with Gasteiger partial charge < -0.3 is 15.4 Å². The molecule has 3 rings (SSSR count). The first kappa shape index (κ1) is 17.3. The van der Waals surface area contributed by atoms with Crippen molar-refractivity contribution in [1.29, 1.82) is 0 Å². The highest BCUT2D eigenvalue weighted by molar-refractivity contribution is 6.03. The maximum absolute atomic E-state index is 13.3. The summed E-state index contributed by atoms with van der Waals surface area (Å²) in [6.45, 7) is 2.48. The number of hydrogen-bond donors (Lipinski definition) is 2. The second kappa shape index (κ2) is 8.06. The quantitative estimate of drug-likeness (QED) is 0.701. The van der Waals surface area contributed by atoms with Gasteiger partial charge in [-0.3, -0.25) is 4.79 Å². The minimum atomic E-state index is -0.376. The summed E-state index contributed by atoms with van der Waals surface area (Å²) in [4.78, 5) is 20.4. The summed E-state index contributed by atoms with van der Waals surface area (Å²) < 4.78 is 18.6. The lowest BCUT2D eigenvalue weighted by Crippen LogP contribution is -2.14. The van der Waals surface area contributed by atoms with Crippen molar-refractivity contribution in [2.45, 2.75) is 6.92 Å². The van der Waals surface area contributed by atoms with Crippen LogP contribution in [0.5, 0.6) is 5.75 Å². The van der Waals surface area contributed by atoms with Crippen LogP contribution in [0.25, 0.3) is 0 Å². The van der Waals surface area contributed by atoms with Gasteiger partial charge in [-0.25, -0.2) is 14.4 Å². The van der Waals surface area contributed by atoms with Gasteiger partial charge in [-0.15, -0.1) is 0 Å². The highest BCUT2D eigenvalue weighted by atomic mass is 19.1. The van der Waals surface area contributed by atoms with Gasteiger partial charge in [0.1, 0.15) is 29.4 Å². The molecule has 0 atom stereocenters. The van der Waals surface area contributed by atoms with Crippen LogP contribution in [0, 0.1) is 5.82 Å². The Bertz CT molecular complexity index is 900. The van der Waals surface area contributed by atoms with Crippen molar-refractivity contribution in [3.63, 3.8) is 0 Å². The third-order valence-electron chi connectivity index (χ3n) is 3.42. The molecule has 0 radical (unpaired) electrons. The van der Waals surface area contributed by atoms with Crippen LogP contribution in [-0.2, 0) is 0 Å². The molecule has 1 heterocycles. The lowest BCUT2D eigenvalue weighted by atomic mass is 10.2. The highest BCUT2D eigenvalue weighted by Crippen LogP contribution is 2.18. The summed E-state index contributed by atoms with van der Waals surface area (Å²) in [6.07, 6.45) is 1.27. The number of rotatable bonds is 6. The largest absolute Gasteiger partial charge is 0.494 e. The molecule has 1 aromatic heterocycles. The molecule has 0 aliphatic carbocycles. The van der Waals surface area contributed by atoms with Crippen molar-refractivity contribution in [3.05, 3.63) is 72.4 Å². The highest BCUT2D eigenvalue weighted by Gasteiger charge is 2.10. The number of anilines is 3. The fraction of sp³-hybridized carbons (Fsp3) is 0.105. The molecule has 2 aromatic carbocycles. The van der Waals surface area contributed by atoms with Gasteiger partial charge in [0, 0.05) is 17.4 Å². The molecular weight excluding hydrogens is 335 g/mol. The summed E-state index contributed by atoms with van der Waals surface area (Å²) in [5, 5.41) is 5.69. The molecule has 0 aliphatic rings. The van der Waals surface area contributed by atoms with Gasteiger partial charge in [0.15, 0.2) is 0 Å². The fourth-order valence-electron chi connectivity index (χ4n) is 2.26. The van der Waals surface area contributed by atoms with Gasteiger partial charge in [-0.1, -0.05) is 6.07 Å². The minimum absolute atomic E-state index is 0.188. The van der Waals surface area contributed by atoms with Gasteiger partial charge in [-0.2, -0.15) is 0 Å². The van der Waals surface area contributed by atoms with E-state index in [1.165, 1.54) is 24.5 Å². The Kier molecular flexibility index (Phi) is 5.38. The number of ether oxygens (including phenoxy) is 1. The second-order valence-electron chi connectivity index (χ2n) is 5.34. The van der Waals surface area contributed by atoms with E-state index in [0.717, 1.165) is 5.75 Å². The Hall–Kier alpha value is -3.48. The number of halogens is 1. The maximum Gasteiger partial charge on any atom is 0.274 e. The molecule has 0 aliphatic heterocycles. The molecule has 0 spiro atoms. The summed E-state index contributed by atoms with van der Waals surface area (Å²) in [7, 11) is 0. The molecule has 0 saturated heterocycles. The van der Waals surface area contributed by atoms with E-state index in [9.17, 15) is 9.18 Å². The number of nitrogens with zero attached hydrogens (tertiary/aromatic N) is 2. The first-order valence-electron chi connectivity index (χ1n) is 8.03. The molecule has 132 valence electrons. The molecule has 7 heteroatoms. The van der Waals surface area contributed by atoms with E-state index >= 15 is 0 Å². The van der Waals surface area contributed by atoms with E-state index in [2.05, 4.69) is 20.6 Å². The van der Waals surface area contributed by atoms with Crippen molar-refractivity contribution in [2.75, 3.05) is 17.2 Å². The molecule has 0 fully saturated rings. The zero-order valence-electron chi connectivity index (χ0n) is 14.1. The standard InChI is InChI=1S/C19H17FN4O2/c1-2-26-16-8-6-14(7-9-16)24-19(25)17-11-18(22-12-21-17)23-15-5-3-4-13(20)10-15/h3-12H,2H2,1H3,(H,24,25)(H,21,22,23). The zero-order valence-corrected chi connectivity index (χ0v) is 14.1. The third kappa shape index (κ3) is 4.54. The average molecular weight is 352 g/mol. The molecule has 26 heavy (non-hydrogen) atoms. The fourth-order valence-corrected chi connectivity index (χ4v) is 2.26. The number of carbonyl (C=O) groups excluding carboxylic acids is 1. The van der Waals surface area contributed by atoms with Gasteiger partial charge in [0.05, 0.1) is 6.61 Å². The van der Waals surface area contributed by atoms with E-state index in [-0.39, 0.29) is 17.4 Å². The lowest BCUT2D eigenvalue weighted by molar-refractivity contribution is 0.102. The SMILES string of the molecule is CCOc1ccc(NC(=O)c2cc(Nc3cccc(F)c3)ncn2)cc1. The first-order chi connectivity index (χ1) is 12.6. The number of amides is 1. The molecule has 0 bridgehead atoms. The Morgan fingerprint density at radius 3 is 2.62 bits per heavy atom. The molecule has 1 amide bonds. The van der Waals surface area contributed by atoms with Crippen LogP contribution in [0.15, 0.2) is 60.9 Å². The van der Waals surface area contributed by atoms with Gasteiger partial charge in [0.25, 0.3) is 5.91 Å². The first-order valence-corrected chi connectivity index (χ1v) is 8.03. The number of carbonyl (C=O) groups is 1. The van der Waals surface area contributed by atoms with Gasteiger partial charge in [0.2, 0.25) is 0 Å². The van der Waals surface area contributed by atoms with Gasteiger partial charge >= 0.3 is 0 Å². The smallest absolute Gasteiger partial charge is 0.274 e. The van der Waals surface area contributed by atoms with Crippen molar-refractivity contribution in [1.82, 2.24) is 9.97 Å². The summed E-state index contributed by atoms with van der Waals surface area (Å²) in [6, 6.07) is 14.5. The van der Waals surface area contributed by atoms with Crippen molar-refractivity contribution < 1.29 is 13.9 Å². The molecular formula is C19H17FN4O2. The van der Waals surface area contributed by atoms with Gasteiger partial charge in [-0.05, 0) is 49.4 Å². The van der Waals surface area contributed by atoms with E-state index in [1.807, 2.05) is 6.92 Å². The van der Waals surface area contributed by atoms with E-state index in [4.69, 9.17) is 4.74 Å². The Balaban J connectivity index is 1.69. The topological polar surface area (TPSA) is 76.1 Å². The second-order valence-corrected chi connectivity index (χ2v) is 5.34. The number of nitrogens with one attached hydrogen (secondary N) is 2. The average Bonchev–Trinajstić information content (AvgIpc) is 2.64. The van der Waals surface area contributed by atoms with Crippen molar-refractivity contribution in [3.8, 4) is 5.75 Å². The zero-order chi connectivity index (χ0) is 18.4. The lowest BCUT2D eigenvalue weighted by Gasteiger charge is -2.08. The summed E-state index contributed by atoms with van der Waals surface area (Å²) >= 11 is 0. The normalized spacial score (nSPS) is 10.2. The maximum atomic E-state index is 13.3. The summed E-state index contributed by atoms with van der Waals surface area (Å²) in [5.41, 5.74) is 1.34. The predicted octanol–water partition coefficient (Wildman–Crippen LogP) is 4.01. The van der Waals surface area contributed by atoms with Crippen LogP contribution in [0.3, 0.4) is 0 Å². The Labute approximate surface area is 150 Å². The van der Waals surface area contributed by atoms with Crippen molar-refractivity contribution in [2.24, 2.45) is 0 Å². The van der Waals surface area contributed by atoms with Crippen LogP contribution >= 0.6 is 0 Å². The number of hydrogen-bond acceptors (Lipinski definition) is 5. The van der Waals surface area contributed by atoms with Crippen LogP contribution in [0.4, 0.5) is 21.6 Å². The Morgan fingerprint density at radius 2 is 1.88 bits per heavy atom. The summed E-state index contributed by atoms with van der Waals surface area (Å²) in [5.74, 6) is 0.382. The van der Waals surface area contributed by atoms with Crippen LogP contribution < -0.4 is 15.4 Å². The van der Waals surface area contributed by atoms with Crippen LogP contribution in [-0.4, -0.2) is 22.5 Å².